The Bertz CT molecular complexity index is 472. The molecule has 0 aliphatic rings. The van der Waals surface area contributed by atoms with Gasteiger partial charge in [-0.05, 0) is 18.9 Å². The molecule has 0 aliphatic heterocycles. The molecule has 0 saturated carbocycles. The van der Waals surface area contributed by atoms with Gasteiger partial charge in [-0.25, -0.2) is 0 Å². The lowest BCUT2D eigenvalue weighted by molar-refractivity contribution is -0.128. The fraction of sp³-hybridized carbons (Fsp3) is 0.471. The minimum absolute atomic E-state index is 0.106. The number of carbonyl (C=O) groups is 3. The molecule has 1 atom stereocenters. The van der Waals surface area contributed by atoms with E-state index < -0.39 is 6.04 Å². The number of Topliss-reactive ketones (excluding diaryl/α,β-unsaturated/α-hetero) is 1. The van der Waals surface area contributed by atoms with Crippen LogP contribution in [0.5, 0.6) is 0 Å². The number of amides is 2. The molecule has 5 heteroatoms. The summed E-state index contributed by atoms with van der Waals surface area (Å²) in [4.78, 5) is 34.3. The van der Waals surface area contributed by atoms with Gasteiger partial charge >= 0.3 is 0 Å². The van der Waals surface area contributed by atoms with Gasteiger partial charge in [0.1, 0.15) is 0 Å². The molecule has 1 unspecified atom stereocenters. The van der Waals surface area contributed by atoms with Crippen molar-refractivity contribution < 1.29 is 14.4 Å². The van der Waals surface area contributed by atoms with E-state index >= 15 is 0 Å². The van der Waals surface area contributed by atoms with Crippen molar-refractivity contribution in [3.63, 3.8) is 0 Å². The zero-order chi connectivity index (χ0) is 17.0. The van der Waals surface area contributed by atoms with Crippen molar-refractivity contribution in [1.82, 2.24) is 10.6 Å². The Morgan fingerprint density at radius 2 is 1.64 bits per heavy atom. The van der Waals surface area contributed by atoms with Crippen LogP contribution in [0.4, 0.5) is 0 Å². The minimum atomic E-state index is -0.566. The summed E-state index contributed by atoms with van der Waals surface area (Å²) in [5, 5.41) is 5.12. The summed E-state index contributed by atoms with van der Waals surface area (Å²) < 4.78 is 0. The van der Waals surface area contributed by atoms with Gasteiger partial charge in [0, 0.05) is 6.42 Å². The Hall–Kier alpha value is -2.17. The van der Waals surface area contributed by atoms with Crippen molar-refractivity contribution in [3.05, 3.63) is 35.9 Å². The van der Waals surface area contributed by atoms with E-state index in [1.807, 2.05) is 44.2 Å². The first-order valence-corrected chi connectivity index (χ1v) is 7.63. The number of benzene rings is 1. The molecule has 0 aromatic heterocycles. The fourth-order valence-corrected chi connectivity index (χ4v) is 1.70. The second kappa shape index (κ2) is 11.5. The van der Waals surface area contributed by atoms with E-state index in [0.29, 0.717) is 12.8 Å². The Kier molecular flexibility index (Phi) is 10.4. The highest BCUT2D eigenvalue weighted by molar-refractivity contribution is 5.90. The van der Waals surface area contributed by atoms with E-state index in [9.17, 15) is 14.4 Å². The zero-order valence-electron chi connectivity index (χ0n) is 13.8. The molecule has 2 amide bonds. The third-order valence-electron chi connectivity index (χ3n) is 2.88. The molecule has 22 heavy (non-hydrogen) atoms. The van der Waals surface area contributed by atoms with Crippen LogP contribution >= 0.6 is 0 Å². The molecule has 0 fully saturated rings. The summed E-state index contributed by atoms with van der Waals surface area (Å²) in [7, 11) is 0. The number of hydrogen-bond acceptors (Lipinski definition) is 3. The minimum Gasteiger partial charge on any atom is -0.347 e. The lowest BCUT2D eigenvalue weighted by atomic mass is 10.0. The van der Waals surface area contributed by atoms with Gasteiger partial charge in [-0.1, -0.05) is 51.1 Å². The molecule has 0 spiro atoms. The van der Waals surface area contributed by atoms with Crippen LogP contribution in [0.3, 0.4) is 0 Å². The number of rotatable bonds is 7. The third-order valence-corrected chi connectivity index (χ3v) is 2.88. The molecule has 2 N–H and O–H groups in total. The SMILES string of the molecule is CC.CCC(=O)NCC(=O)NC(Cc1ccccc1)C(C)=O. The van der Waals surface area contributed by atoms with Crippen LogP contribution in [0.15, 0.2) is 30.3 Å². The molecule has 0 saturated heterocycles. The average molecular weight is 306 g/mol. The summed E-state index contributed by atoms with van der Waals surface area (Å²) >= 11 is 0. The molecule has 122 valence electrons. The van der Waals surface area contributed by atoms with Crippen LogP contribution in [-0.2, 0) is 20.8 Å². The summed E-state index contributed by atoms with van der Waals surface area (Å²) in [6.45, 7) is 7.05. The van der Waals surface area contributed by atoms with Crippen LogP contribution < -0.4 is 10.6 Å². The van der Waals surface area contributed by atoms with Crippen LogP contribution in [0.1, 0.15) is 39.7 Å². The topological polar surface area (TPSA) is 75.3 Å². The monoisotopic (exact) mass is 306 g/mol. The highest BCUT2D eigenvalue weighted by atomic mass is 16.2. The normalized spacial score (nSPS) is 10.7. The van der Waals surface area contributed by atoms with Gasteiger partial charge < -0.3 is 10.6 Å². The van der Waals surface area contributed by atoms with Crippen molar-refractivity contribution in [2.75, 3.05) is 6.54 Å². The summed E-state index contributed by atoms with van der Waals surface area (Å²) in [5.41, 5.74) is 0.977. The van der Waals surface area contributed by atoms with Crippen molar-refractivity contribution in [2.24, 2.45) is 0 Å². The van der Waals surface area contributed by atoms with E-state index in [1.165, 1.54) is 6.92 Å². The lowest BCUT2D eigenvalue weighted by Crippen LogP contribution is -2.45. The van der Waals surface area contributed by atoms with Gasteiger partial charge in [-0.3, -0.25) is 14.4 Å². The second-order valence-corrected chi connectivity index (χ2v) is 4.55. The van der Waals surface area contributed by atoms with E-state index in [2.05, 4.69) is 10.6 Å². The molecule has 5 nitrogen and oxygen atoms in total. The smallest absolute Gasteiger partial charge is 0.239 e. The Morgan fingerprint density at radius 1 is 1.05 bits per heavy atom. The van der Waals surface area contributed by atoms with Crippen molar-refractivity contribution in [3.8, 4) is 0 Å². The van der Waals surface area contributed by atoms with Gasteiger partial charge in [0.2, 0.25) is 11.8 Å². The van der Waals surface area contributed by atoms with E-state index in [1.54, 1.807) is 6.92 Å². The number of ketones is 1. The third kappa shape index (κ3) is 8.19. The first-order valence-electron chi connectivity index (χ1n) is 7.63. The first-order chi connectivity index (χ1) is 10.5. The van der Waals surface area contributed by atoms with Crippen LogP contribution in [-0.4, -0.2) is 30.2 Å². The van der Waals surface area contributed by atoms with Gasteiger partial charge in [-0.15, -0.1) is 0 Å². The Balaban J connectivity index is 0.00000211. The second-order valence-electron chi connectivity index (χ2n) is 4.55. The molecule has 0 radical (unpaired) electrons. The predicted octanol–water partition coefficient (Wildman–Crippen LogP) is 1.86. The molecule has 1 aromatic carbocycles. The summed E-state index contributed by atoms with van der Waals surface area (Å²) in [6, 6.07) is 8.90. The standard InChI is InChI=1S/C15H20N2O3.C2H6/c1-3-14(19)16-10-15(20)17-13(11(2)18)9-12-7-5-4-6-8-12;1-2/h4-8,13H,3,9-10H2,1-2H3,(H,16,19)(H,17,20);1-2H3. The van der Waals surface area contributed by atoms with Crippen LogP contribution in [0.25, 0.3) is 0 Å². The maximum atomic E-state index is 11.7. The molecule has 1 aromatic rings. The van der Waals surface area contributed by atoms with Crippen LogP contribution in [0.2, 0.25) is 0 Å². The van der Waals surface area contributed by atoms with E-state index in [4.69, 9.17) is 0 Å². The molecular formula is C17H26N2O3. The first kappa shape index (κ1) is 19.8. The van der Waals surface area contributed by atoms with Crippen molar-refractivity contribution in [2.45, 2.75) is 46.6 Å². The molecule has 0 bridgehead atoms. The predicted molar refractivity (Wildman–Crippen MR) is 87.4 cm³/mol. The molecule has 1 rings (SSSR count). The molecule has 0 aliphatic carbocycles. The fourth-order valence-electron chi connectivity index (χ4n) is 1.70. The summed E-state index contributed by atoms with van der Waals surface area (Å²) in [5.74, 6) is -0.658. The summed E-state index contributed by atoms with van der Waals surface area (Å²) in [6.07, 6.45) is 0.775. The van der Waals surface area contributed by atoms with Gasteiger partial charge in [0.15, 0.2) is 5.78 Å². The Morgan fingerprint density at radius 3 is 2.14 bits per heavy atom. The maximum Gasteiger partial charge on any atom is 0.239 e. The quantitative estimate of drug-likeness (QED) is 0.807. The molecule has 0 heterocycles. The highest BCUT2D eigenvalue weighted by Gasteiger charge is 2.17. The number of carbonyl (C=O) groups excluding carboxylic acids is 3. The van der Waals surface area contributed by atoms with Crippen molar-refractivity contribution in [1.29, 1.82) is 0 Å². The molecular weight excluding hydrogens is 280 g/mol. The Labute approximate surface area is 132 Å². The van der Waals surface area contributed by atoms with Crippen LogP contribution in [0, 0.1) is 0 Å². The largest absolute Gasteiger partial charge is 0.347 e. The number of nitrogens with one attached hydrogen (secondary N) is 2. The zero-order valence-corrected chi connectivity index (χ0v) is 13.8. The average Bonchev–Trinajstić information content (AvgIpc) is 2.54. The number of hydrogen-bond donors (Lipinski definition) is 2. The van der Waals surface area contributed by atoms with Crippen molar-refractivity contribution >= 4 is 17.6 Å². The van der Waals surface area contributed by atoms with E-state index in [-0.39, 0.29) is 24.1 Å². The maximum absolute atomic E-state index is 11.7. The highest BCUT2D eigenvalue weighted by Crippen LogP contribution is 2.03. The van der Waals surface area contributed by atoms with Gasteiger partial charge in [0.05, 0.1) is 12.6 Å². The van der Waals surface area contributed by atoms with Gasteiger partial charge in [-0.2, -0.15) is 0 Å². The van der Waals surface area contributed by atoms with E-state index in [0.717, 1.165) is 5.56 Å². The lowest BCUT2D eigenvalue weighted by Gasteiger charge is -2.16. The van der Waals surface area contributed by atoms with Gasteiger partial charge in [0.25, 0.3) is 0 Å².